The lowest BCUT2D eigenvalue weighted by Crippen LogP contribution is -2.42. The maximum absolute atomic E-state index is 13.6. The molecule has 0 bridgehead atoms. The van der Waals surface area contributed by atoms with Crippen LogP contribution in [0.15, 0.2) is 72.8 Å². The summed E-state index contributed by atoms with van der Waals surface area (Å²) in [5, 5.41) is 8.84. The van der Waals surface area contributed by atoms with Gasteiger partial charge in [0.05, 0.1) is 35.6 Å². The highest BCUT2D eigenvalue weighted by Crippen LogP contribution is 2.36. The molecule has 178 valence electrons. The number of anilines is 1. The van der Waals surface area contributed by atoms with Gasteiger partial charge in [-0.25, -0.2) is 0 Å². The Morgan fingerprint density at radius 3 is 2.46 bits per heavy atom. The zero-order chi connectivity index (χ0) is 24.5. The Hall–Kier alpha value is -3.77. The van der Waals surface area contributed by atoms with Crippen LogP contribution < -0.4 is 10.1 Å². The summed E-state index contributed by atoms with van der Waals surface area (Å²) in [4.78, 5) is 15.5. The Kier molecular flexibility index (Phi) is 6.22. The van der Waals surface area contributed by atoms with Gasteiger partial charge < -0.3 is 15.0 Å². The third kappa shape index (κ3) is 4.37. The number of rotatable bonds is 6. The Morgan fingerprint density at radius 2 is 1.74 bits per heavy atom. The van der Waals surface area contributed by atoms with Crippen LogP contribution in [-0.4, -0.2) is 27.7 Å². The van der Waals surface area contributed by atoms with Crippen LogP contribution in [0, 0.1) is 13.8 Å². The number of ether oxygens (including phenoxy) is 1. The average molecular weight is 487 g/mol. The Bertz CT molecular complexity index is 1380. The number of nitrogens with one attached hydrogen (secondary N) is 1. The second kappa shape index (κ2) is 9.47. The minimum absolute atomic E-state index is 0.00380. The monoisotopic (exact) mass is 486 g/mol. The quantitative estimate of drug-likeness (QED) is 0.364. The number of fused-ring (bicyclic) bond motifs is 1. The summed E-state index contributed by atoms with van der Waals surface area (Å²) in [6, 6.07) is 23.7. The number of methoxy groups -OCH3 is 1. The molecule has 0 unspecified atom stereocenters. The number of hydrogen-bond donors (Lipinski definition) is 1. The molecule has 4 aromatic rings. The molecule has 1 aliphatic rings. The van der Waals surface area contributed by atoms with Gasteiger partial charge in [-0.3, -0.25) is 9.48 Å². The predicted octanol–water partition coefficient (Wildman–Crippen LogP) is 5.98. The van der Waals surface area contributed by atoms with E-state index in [2.05, 4.69) is 16.5 Å². The molecule has 0 saturated heterocycles. The SMILES string of the molecule is COc1ccc([C@@H]2Nc3ccccc3C(=O)N2Cc2ccccc2)cc1Cn1nc(C)c(Cl)c1C. The summed E-state index contributed by atoms with van der Waals surface area (Å²) in [6.07, 6.45) is -0.341. The number of carbonyl (C=O) groups is 1. The van der Waals surface area contributed by atoms with E-state index >= 15 is 0 Å². The largest absolute Gasteiger partial charge is 0.496 e. The van der Waals surface area contributed by atoms with E-state index in [1.165, 1.54) is 0 Å². The number of aromatic nitrogens is 2. The lowest BCUT2D eigenvalue weighted by molar-refractivity contribution is 0.0666. The van der Waals surface area contributed by atoms with Gasteiger partial charge in [-0.2, -0.15) is 5.10 Å². The average Bonchev–Trinajstić information content (AvgIpc) is 3.12. The molecule has 6 nitrogen and oxygen atoms in total. The van der Waals surface area contributed by atoms with Gasteiger partial charge in [0.1, 0.15) is 11.9 Å². The fourth-order valence-electron chi connectivity index (χ4n) is 4.58. The van der Waals surface area contributed by atoms with Gasteiger partial charge in [0.15, 0.2) is 0 Å². The number of nitrogens with zero attached hydrogens (tertiary/aromatic N) is 3. The van der Waals surface area contributed by atoms with Crippen LogP contribution in [0.3, 0.4) is 0 Å². The maximum Gasteiger partial charge on any atom is 0.258 e. The van der Waals surface area contributed by atoms with E-state index in [-0.39, 0.29) is 12.1 Å². The third-order valence-corrected chi connectivity index (χ3v) is 7.00. The molecule has 2 heterocycles. The first-order valence-electron chi connectivity index (χ1n) is 11.5. The summed E-state index contributed by atoms with van der Waals surface area (Å²) in [6.45, 7) is 4.85. The zero-order valence-corrected chi connectivity index (χ0v) is 20.7. The molecule has 0 saturated carbocycles. The van der Waals surface area contributed by atoms with Crippen LogP contribution in [0.4, 0.5) is 5.69 Å². The van der Waals surface area contributed by atoms with Crippen molar-refractivity contribution in [3.63, 3.8) is 0 Å². The number of aryl methyl sites for hydroxylation is 1. The van der Waals surface area contributed by atoms with Crippen molar-refractivity contribution in [3.05, 3.63) is 111 Å². The molecule has 0 spiro atoms. The van der Waals surface area contributed by atoms with Gasteiger partial charge in [0.25, 0.3) is 5.91 Å². The highest BCUT2D eigenvalue weighted by molar-refractivity contribution is 6.31. The first kappa shape index (κ1) is 23.0. The Labute approximate surface area is 210 Å². The maximum atomic E-state index is 13.6. The summed E-state index contributed by atoms with van der Waals surface area (Å²) in [7, 11) is 1.66. The number of para-hydroxylation sites is 1. The summed E-state index contributed by atoms with van der Waals surface area (Å²) >= 11 is 6.38. The second-order valence-electron chi connectivity index (χ2n) is 8.72. The molecule has 1 aromatic heterocycles. The van der Waals surface area contributed by atoms with E-state index in [4.69, 9.17) is 16.3 Å². The second-order valence-corrected chi connectivity index (χ2v) is 9.10. The van der Waals surface area contributed by atoms with Crippen molar-refractivity contribution in [2.75, 3.05) is 12.4 Å². The molecular weight excluding hydrogens is 460 g/mol. The number of amides is 1. The van der Waals surface area contributed by atoms with E-state index < -0.39 is 0 Å². The molecular formula is C28H27ClN4O2. The zero-order valence-electron chi connectivity index (χ0n) is 20.0. The number of hydrogen-bond acceptors (Lipinski definition) is 4. The van der Waals surface area contributed by atoms with Gasteiger partial charge in [-0.05, 0) is 49.2 Å². The van der Waals surface area contributed by atoms with E-state index in [9.17, 15) is 4.79 Å². The van der Waals surface area contributed by atoms with Gasteiger partial charge in [-0.15, -0.1) is 0 Å². The molecule has 7 heteroatoms. The fourth-order valence-corrected chi connectivity index (χ4v) is 4.72. The molecule has 0 fully saturated rings. The molecule has 1 aliphatic heterocycles. The highest BCUT2D eigenvalue weighted by atomic mass is 35.5. The van der Waals surface area contributed by atoms with E-state index in [0.717, 1.165) is 39.5 Å². The van der Waals surface area contributed by atoms with Gasteiger partial charge in [-0.1, -0.05) is 60.1 Å². The molecule has 1 N–H and O–H groups in total. The summed E-state index contributed by atoms with van der Waals surface area (Å²) in [5.74, 6) is 0.755. The fraction of sp³-hybridized carbons (Fsp3) is 0.214. The van der Waals surface area contributed by atoms with Crippen LogP contribution in [0.2, 0.25) is 5.02 Å². The number of carbonyl (C=O) groups excluding carboxylic acids is 1. The minimum Gasteiger partial charge on any atom is -0.496 e. The molecule has 0 aliphatic carbocycles. The van der Waals surface area contributed by atoms with Crippen molar-refractivity contribution in [3.8, 4) is 5.75 Å². The van der Waals surface area contributed by atoms with E-state index in [1.54, 1.807) is 7.11 Å². The van der Waals surface area contributed by atoms with Crippen LogP contribution in [-0.2, 0) is 13.1 Å². The molecule has 0 radical (unpaired) electrons. The molecule has 1 amide bonds. The van der Waals surface area contributed by atoms with E-state index in [1.807, 2.05) is 90.2 Å². The van der Waals surface area contributed by atoms with Gasteiger partial charge in [0, 0.05) is 17.8 Å². The number of halogens is 1. The molecule has 5 rings (SSSR count). The van der Waals surface area contributed by atoms with Crippen LogP contribution in [0.5, 0.6) is 5.75 Å². The Morgan fingerprint density at radius 1 is 1.00 bits per heavy atom. The first-order valence-corrected chi connectivity index (χ1v) is 11.9. The standard InChI is InChI=1S/C28H27ClN4O2/c1-18-26(29)19(2)33(31-18)17-22-15-21(13-14-25(22)35-3)27-30-24-12-8-7-11-23(24)28(34)32(27)16-20-9-5-4-6-10-20/h4-15,27,30H,16-17H2,1-3H3/t27-/m1/s1. The molecule has 35 heavy (non-hydrogen) atoms. The van der Waals surface area contributed by atoms with Crippen LogP contribution in [0.1, 0.15) is 44.6 Å². The van der Waals surface area contributed by atoms with Crippen LogP contribution in [0.25, 0.3) is 0 Å². The Balaban J connectivity index is 1.56. The topological polar surface area (TPSA) is 59.4 Å². The first-order chi connectivity index (χ1) is 17.0. The van der Waals surface area contributed by atoms with Crippen molar-refractivity contribution in [2.24, 2.45) is 0 Å². The number of benzene rings is 3. The predicted molar refractivity (Wildman–Crippen MR) is 138 cm³/mol. The molecule has 3 aromatic carbocycles. The lowest BCUT2D eigenvalue weighted by atomic mass is 10.0. The highest BCUT2D eigenvalue weighted by Gasteiger charge is 2.33. The van der Waals surface area contributed by atoms with Gasteiger partial charge in [0.2, 0.25) is 0 Å². The molecule has 1 atom stereocenters. The van der Waals surface area contributed by atoms with Crippen molar-refractivity contribution in [1.29, 1.82) is 0 Å². The van der Waals surface area contributed by atoms with Crippen molar-refractivity contribution >= 4 is 23.2 Å². The van der Waals surface area contributed by atoms with Crippen molar-refractivity contribution < 1.29 is 9.53 Å². The summed E-state index contributed by atoms with van der Waals surface area (Å²) in [5.41, 5.74) is 6.19. The van der Waals surface area contributed by atoms with Crippen LogP contribution >= 0.6 is 11.6 Å². The smallest absolute Gasteiger partial charge is 0.258 e. The minimum atomic E-state index is -0.341. The van der Waals surface area contributed by atoms with Crippen molar-refractivity contribution in [1.82, 2.24) is 14.7 Å². The lowest BCUT2D eigenvalue weighted by Gasteiger charge is -2.38. The van der Waals surface area contributed by atoms with E-state index in [0.29, 0.717) is 23.7 Å². The third-order valence-electron chi connectivity index (χ3n) is 6.45. The van der Waals surface area contributed by atoms with Crippen molar-refractivity contribution in [2.45, 2.75) is 33.1 Å². The van der Waals surface area contributed by atoms with Gasteiger partial charge >= 0.3 is 0 Å². The summed E-state index contributed by atoms with van der Waals surface area (Å²) < 4.78 is 7.55. The normalized spacial score (nSPS) is 15.0.